The van der Waals surface area contributed by atoms with Crippen LogP contribution in [0.15, 0.2) is 29.2 Å². The van der Waals surface area contributed by atoms with E-state index >= 15 is 0 Å². The van der Waals surface area contributed by atoms with E-state index in [-0.39, 0.29) is 16.9 Å². The molecule has 3 rings (SSSR count). The van der Waals surface area contributed by atoms with Gasteiger partial charge in [0, 0.05) is 24.7 Å². The van der Waals surface area contributed by atoms with Gasteiger partial charge in [0.1, 0.15) is 0 Å². The Kier molecular flexibility index (Phi) is 3.94. The van der Waals surface area contributed by atoms with E-state index in [9.17, 15) is 16.8 Å². The topological polar surface area (TPSA) is 80.8 Å². The fraction of sp³-hybridized carbons (Fsp3) is 0.571. The Hall–Kier alpha value is -1.12. The van der Waals surface area contributed by atoms with Gasteiger partial charge in [-0.2, -0.15) is 8.42 Å². The average molecular weight is 345 g/mol. The zero-order valence-electron chi connectivity index (χ0n) is 12.3. The lowest BCUT2D eigenvalue weighted by atomic mass is 10.0. The molecule has 2 fully saturated rings. The molecule has 1 heterocycles. The maximum absolute atomic E-state index is 12.1. The summed E-state index contributed by atoms with van der Waals surface area (Å²) in [7, 11) is -5.40. The molecule has 1 aromatic rings. The molecule has 0 N–H and O–H groups in total. The smallest absolute Gasteiger partial charge is 0.267 e. The summed E-state index contributed by atoms with van der Waals surface area (Å²) in [6.07, 6.45) is 1.51. The van der Waals surface area contributed by atoms with E-state index in [0.717, 1.165) is 18.5 Å². The molecule has 122 valence electrons. The first-order chi connectivity index (χ1) is 10.3. The third-order valence-electron chi connectivity index (χ3n) is 4.14. The molecule has 0 bridgehead atoms. The predicted octanol–water partition coefficient (Wildman–Crippen LogP) is 1.04. The van der Waals surface area contributed by atoms with Gasteiger partial charge in [0.2, 0.25) is 0 Å². The summed E-state index contributed by atoms with van der Waals surface area (Å²) < 4.78 is 51.4. The number of sulfone groups is 1. The summed E-state index contributed by atoms with van der Waals surface area (Å²) in [5, 5.41) is -0.203. The van der Waals surface area contributed by atoms with Crippen LogP contribution in [0.25, 0.3) is 0 Å². The van der Waals surface area contributed by atoms with Gasteiger partial charge in [-0.1, -0.05) is 0 Å². The van der Waals surface area contributed by atoms with Crippen LogP contribution in [0.3, 0.4) is 0 Å². The maximum atomic E-state index is 12.1. The summed E-state index contributed by atoms with van der Waals surface area (Å²) in [6, 6.07) is 6.86. The number of nitrogens with zero attached hydrogens (tertiary/aromatic N) is 1. The summed E-state index contributed by atoms with van der Waals surface area (Å²) in [4.78, 5) is 2.40. The molecule has 0 spiro atoms. The molecule has 0 radical (unpaired) electrons. The average Bonchev–Trinajstić information content (AvgIpc) is 3.27. The minimum absolute atomic E-state index is 0.0220. The fourth-order valence-electron chi connectivity index (χ4n) is 2.66. The van der Waals surface area contributed by atoms with E-state index in [2.05, 4.69) is 4.18 Å². The molecule has 1 aliphatic heterocycles. The van der Waals surface area contributed by atoms with Crippen LogP contribution in [-0.4, -0.2) is 48.0 Å². The second-order valence-corrected chi connectivity index (χ2v) is 9.91. The van der Waals surface area contributed by atoms with Crippen molar-refractivity contribution in [3.63, 3.8) is 0 Å². The Balaban J connectivity index is 1.61. The lowest BCUT2D eigenvalue weighted by Gasteiger charge is -2.40. The van der Waals surface area contributed by atoms with Gasteiger partial charge in [-0.15, -0.1) is 0 Å². The van der Waals surface area contributed by atoms with Crippen LogP contribution >= 0.6 is 0 Å². The quantitative estimate of drug-likeness (QED) is 0.717. The SMILES string of the molecule is COS(=O)(=O)CC1CN(c2ccc(S(=O)(=O)C3CC3)cc2)C1. The summed E-state index contributed by atoms with van der Waals surface area (Å²) in [6.45, 7) is 1.27. The van der Waals surface area contributed by atoms with Crippen molar-refractivity contribution in [3.05, 3.63) is 24.3 Å². The lowest BCUT2D eigenvalue weighted by molar-refractivity contribution is 0.374. The highest BCUT2D eigenvalue weighted by molar-refractivity contribution is 7.92. The number of hydrogen-bond acceptors (Lipinski definition) is 6. The van der Waals surface area contributed by atoms with Gasteiger partial charge >= 0.3 is 0 Å². The monoisotopic (exact) mass is 345 g/mol. The molecule has 1 aliphatic carbocycles. The minimum Gasteiger partial charge on any atom is -0.371 e. The third kappa shape index (κ3) is 3.13. The maximum Gasteiger partial charge on any atom is 0.267 e. The first-order valence-electron chi connectivity index (χ1n) is 7.19. The first-order valence-corrected chi connectivity index (χ1v) is 10.3. The first kappa shape index (κ1) is 15.8. The third-order valence-corrected chi connectivity index (χ3v) is 7.81. The van der Waals surface area contributed by atoms with Crippen LogP contribution in [0.4, 0.5) is 5.69 Å². The lowest BCUT2D eigenvalue weighted by Crippen LogP contribution is -2.49. The van der Waals surface area contributed by atoms with Crippen LogP contribution in [0.5, 0.6) is 0 Å². The van der Waals surface area contributed by atoms with Crippen LogP contribution in [0.2, 0.25) is 0 Å². The predicted molar refractivity (Wildman–Crippen MR) is 83.1 cm³/mol. The van der Waals surface area contributed by atoms with Gasteiger partial charge < -0.3 is 4.90 Å². The van der Waals surface area contributed by atoms with Gasteiger partial charge in [-0.05, 0) is 37.1 Å². The Morgan fingerprint density at radius 3 is 2.18 bits per heavy atom. The fourth-order valence-corrected chi connectivity index (χ4v) is 5.24. The minimum atomic E-state index is -3.42. The van der Waals surface area contributed by atoms with Gasteiger partial charge in [-0.3, -0.25) is 4.18 Å². The Morgan fingerprint density at radius 1 is 1.09 bits per heavy atom. The van der Waals surface area contributed by atoms with E-state index in [1.54, 1.807) is 24.3 Å². The molecule has 22 heavy (non-hydrogen) atoms. The number of hydrogen-bond donors (Lipinski definition) is 0. The highest BCUT2D eigenvalue weighted by atomic mass is 32.2. The molecular formula is C14H19NO5S2. The van der Waals surface area contributed by atoms with Gasteiger partial charge in [-0.25, -0.2) is 8.42 Å². The molecular weight excluding hydrogens is 326 g/mol. The molecule has 1 aromatic carbocycles. The van der Waals surface area contributed by atoms with Crippen LogP contribution in [0, 0.1) is 5.92 Å². The van der Waals surface area contributed by atoms with Crippen molar-refractivity contribution < 1.29 is 21.0 Å². The van der Waals surface area contributed by atoms with Crippen molar-refractivity contribution in [2.75, 3.05) is 30.9 Å². The number of rotatable bonds is 6. The molecule has 1 saturated carbocycles. The van der Waals surface area contributed by atoms with Crippen molar-refractivity contribution in [3.8, 4) is 0 Å². The molecule has 0 aromatic heterocycles. The standard InChI is InChI=1S/C14H19NO5S2/c1-20-21(16,17)10-11-8-15(9-11)12-2-4-13(5-3-12)22(18,19)14-6-7-14/h2-5,11,14H,6-10H2,1H3. The number of anilines is 1. The van der Waals surface area contributed by atoms with E-state index < -0.39 is 20.0 Å². The van der Waals surface area contributed by atoms with Crippen LogP contribution in [-0.2, 0) is 24.1 Å². The van der Waals surface area contributed by atoms with Gasteiger partial charge in [0.05, 0.1) is 23.0 Å². The summed E-state index contributed by atoms with van der Waals surface area (Å²) in [5.41, 5.74) is 0.917. The number of benzene rings is 1. The van der Waals surface area contributed by atoms with Crippen LogP contribution < -0.4 is 4.90 Å². The zero-order valence-corrected chi connectivity index (χ0v) is 13.9. The largest absolute Gasteiger partial charge is 0.371 e. The molecule has 0 unspecified atom stereocenters. The normalized spacial score (nSPS) is 20.0. The van der Waals surface area contributed by atoms with E-state index in [4.69, 9.17) is 0 Å². The van der Waals surface area contributed by atoms with E-state index in [0.29, 0.717) is 18.0 Å². The van der Waals surface area contributed by atoms with Crippen molar-refractivity contribution in [2.24, 2.45) is 5.92 Å². The molecule has 0 amide bonds. The second-order valence-electron chi connectivity index (χ2n) is 5.90. The Labute approximate surface area is 131 Å². The van der Waals surface area contributed by atoms with E-state index in [1.165, 1.54) is 7.11 Å². The molecule has 1 saturated heterocycles. The molecule has 6 nitrogen and oxygen atoms in total. The zero-order chi connectivity index (χ0) is 16.0. The van der Waals surface area contributed by atoms with Gasteiger partial charge in [0.15, 0.2) is 9.84 Å². The van der Waals surface area contributed by atoms with Crippen molar-refractivity contribution in [1.82, 2.24) is 0 Å². The summed E-state index contributed by atoms with van der Waals surface area (Å²) in [5.74, 6) is 0.0774. The molecule has 8 heteroatoms. The van der Waals surface area contributed by atoms with E-state index in [1.807, 2.05) is 4.90 Å². The van der Waals surface area contributed by atoms with Crippen molar-refractivity contribution in [1.29, 1.82) is 0 Å². The summed E-state index contributed by atoms with van der Waals surface area (Å²) >= 11 is 0. The second kappa shape index (κ2) is 5.50. The Bertz CT molecular complexity index is 745. The highest BCUT2D eigenvalue weighted by Gasteiger charge is 2.37. The van der Waals surface area contributed by atoms with Gasteiger partial charge in [0.25, 0.3) is 10.1 Å². The van der Waals surface area contributed by atoms with Crippen molar-refractivity contribution >= 4 is 25.6 Å². The molecule has 2 aliphatic rings. The molecule has 0 atom stereocenters. The van der Waals surface area contributed by atoms with Crippen LogP contribution in [0.1, 0.15) is 12.8 Å². The van der Waals surface area contributed by atoms with Crippen molar-refractivity contribution in [2.45, 2.75) is 23.0 Å². The Morgan fingerprint density at radius 2 is 1.68 bits per heavy atom. The highest BCUT2D eigenvalue weighted by Crippen LogP contribution is 2.34.